The molecule has 2 aromatic carbocycles. The van der Waals surface area contributed by atoms with Crippen LogP contribution in [0.2, 0.25) is 0 Å². The van der Waals surface area contributed by atoms with Crippen LogP contribution in [0.4, 0.5) is 11.4 Å². The van der Waals surface area contributed by atoms with Crippen LogP contribution in [0.25, 0.3) is 0 Å². The van der Waals surface area contributed by atoms with E-state index < -0.39 is 11.6 Å². The summed E-state index contributed by atoms with van der Waals surface area (Å²) in [6.07, 6.45) is 0.409. The fourth-order valence-corrected chi connectivity index (χ4v) is 4.07. The molecule has 7 nitrogen and oxygen atoms in total. The molecule has 1 atom stereocenters. The van der Waals surface area contributed by atoms with Gasteiger partial charge < -0.3 is 15.0 Å². The number of fused-ring (bicyclic) bond motifs is 3. The molecule has 0 radical (unpaired) electrons. The van der Waals surface area contributed by atoms with Crippen molar-refractivity contribution < 1.29 is 19.1 Å². The third-order valence-corrected chi connectivity index (χ3v) is 5.51. The lowest BCUT2D eigenvalue weighted by atomic mass is 9.96. The lowest BCUT2D eigenvalue weighted by molar-refractivity contribution is -0.128. The highest BCUT2D eigenvalue weighted by atomic mass is 16.5. The number of anilines is 2. The first-order chi connectivity index (χ1) is 13.4. The van der Waals surface area contributed by atoms with E-state index in [4.69, 9.17) is 4.74 Å². The summed E-state index contributed by atoms with van der Waals surface area (Å²) in [5, 5.41) is 2.88. The van der Waals surface area contributed by atoms with Gasteiger partial charge in [0.1, 0.15) is 5.75 Å². The zero-order valence-corrected chi connectivity index (χ0v) is 16.0. The predicted octanol–water partition coefficient (Wildman–Crippen LogP) is 2.55. The van der Waals surface area contributed by atoms with Crippen LogP contribution in [0.1, 0.15) is 28.8 Å². The highest BCUT2D eigenvalue weighted by Crippen LogP contribution is 2.44. The molecule has 0 spiro atoms. The Morgan fingerprint density at radius 3 is 2.68 bits per heavy atom. The standard InChI is InChI=1S/C21H21N3O4/c1-13-8-9-17(28-3)15(12-13)22-20(27)21-11-10-18(25)24(21)16-7-5-4-6-14(16)19(26)23(21)2/h4-9,12H,10-11H2,1-3H3,(H,22,27)/t21-/m1/s1. The van der Waals surface area contributed by atoms with Gasteiger partial charge in [-0.05, 0) is 36.8 Å². The van der Waals surface area contributed by atoms with E-state index >= 15 is 0 Å². The van der Waals surface area contributed by atoms with Crippen LogP contribution >= 0.6 is 0 Å². The van der Waals surface area contributed by atoms with Gasteiger partial charge in [0.15, 0.2) is 0 Å². The molecule has 0 bridgehead atoms. The molecule has 2 aliphatic rings. The molecule has 2 aliphatic heterocycles. The smallest absolute Gasteiger partial charge is 0.271 e. The number of aryl methyl sites for hydroxylation is 1. The van der Waals surface area contributed by atoms with Crippen molar-refractivity contribution in [2.75, 3.05) is 24.4 Å². The summed E-state index contributed by atoms with van der Waals surface area (Å²) in [7, 11) is 3.09. The SMILES string of the molecule is COc1ccc(C)cc1NC(=O)[C@@]12CCC(=O)N1c1ccccc1C(=O)N2C. The van der Waals surface area contributed by atoms with E-state index in [1.54, 1.807) is 43.4 Å². The molecule has 1 saturated heterocycles. The van der Waals surface area contributed by atoms with Crippen LogP contribution in [-0.2, 0) is 9.59 Å². The van der Waals surface area contributed by atoms with Gasteiger partial charge in [0.25, 0.3) is 11.8 Å². The Balaban J connectivity index is 1.81. The molecular weight excluding hydrogens is 358 g/mol. The number of likely N-dealkylation sites (N-methyl/N-ethyl adjacent to an activating group) is 1. The monoisotopic (exact) mass is 379 g/mol. The summed E-state index contributed by atoms with van der Waals surface area (Å²) in [5.74, 6) is -0.393. The maximum absolute atomic E-state index is 13.5. The maximum Gasteiger partial charge on any atom is 0.271 e. The summed E-state index contributed by atoms with van der Waals surface area (Å²) in [6.45, 7) is 1.91. The van der Waals surface area contributed by atoms with E-state index in [9.17, 15) is 14.4 Å². The highest BCUT2D eigenvalue weighted by molar-refractivity contribution is 6.18. The molecular formula is C21H21N3O4. The van der Waals surface area contributed by atoms with Gasteiger partial charge in [0, 0.05) is 19.9 Å². The van der Waals surface area contributed by atoms with E-state index in [0.717, 1.165) is 5.56 Å². The molecule has 0 aliphatic carbocycles. The Hall–Kier alpha value is -3.35. The zero-order valence-electron chi connectivity index (χ0n) is 16.0. The molecule has 2 aromatic rings. The lowest BCUT2D eigenvalue weighted by Gasteiger charge is -2.47. The summed E-state index contributed by atoms with van der Waals surface area (Å²) in [5.41, 5.74) is 0.931. The zero-order chi connectivity index (χ0) is 20.1. The van der Waals surface area contributed by atoms with Crippen molar-refractivity contribution in [1.82, 2.24) is 4.90 Å². The Labute approximate surface area is 162 Å². The number of methoxy groups -OCH3 is 1. The maximum atomic E-state index is 13.5. The molecule has 144 valence electrons. The van der Waals surface area contributed by atoms with Gasteiger partial charge in [-0.2, -0.15) is 0 Å². The van der Waals surface area contributed by atoms with Crippen LogP contribution in [0.15, 0.2) is 42.5 Å². The number of carbonyl (C=O) groups excluding carboxylic acids is 3. The third-order valence-electron chi connectivity index (χ3n) is 5.51. The van der Waals surface area contributed by atoms with Crippen molar-refractivity contribution in [2.45, 2.75) is 25.4 Å². The van der Waals surface area contributed by atoms with Gasteiger partial charge in [-0.3, -0.25) is 19.3 Å². The Morgan fingerprint density at radius 1 is 1.18 bits per heavy atom. The molecule has 28 heavy (non-hydrogen) atoms. The average Bonchev–Trinajstić information content (AvgIpc) is 3.05. The van der Waals surface area contributed by atoms with Crippen LogP contribution < -0.4 is 15.0 Å². The predicted molar refractivity (Wildman–Crippen MR) is 104 cm³/mol. The number of hydrogen-bond donors (Lipinski definition) is 1. The first kappa shape index (κ1) is 18.0. The number of hydrogen-bond acceptors (Lipinski definition) is 4. The largest absolute Gasteiger partial charge is 0.495 e. The van der Waals surface area contributed by atoms with Crippen LogP contribution in [0, 0.1) is 6.92 Å². The quantitative estimate of drug-likeness (QED) is 0.889. The van der Waals surface area contributed by atoms with Crippen molar-refractivity contribution in [3.05, 3.63) is 53.6 Å². The van der Waals surface area contributed by atoms with Gasteiger partial charge in [-0.1, -0.05) is 18.2 Å². The van der Waals surface area contributed by atoms with Gasteiger partial charge in [0.05, 0.1) is 24.0 Å². The van der Waals surface area contributed by atoms with Crippen molar-refractivity contribution in [3.8, 4) is 5.75 Å². The van der Waals surface area contributed by atoms with Crippen molar-refractivity contribution in [3.63, 3.8) is 0 Å². The second-order valence-corrected chi connectivity index (χ2v) is 7.08. The first-order valence-electron chi connectivity index (χ1n) is 9.06. The number of nitrogens with one attached hydrogen (secondary N) is 1. The molecule has 0 saturated carbocycles. The molecule has 0 unspecified atom stereocenters. The Bertz CT molecular complexity index is 1000. The van der Waals surface area contributed by atoms with E-state index in [0.29, 0.717) is 22.7 Å². The van der Waals surface area contributed by atoms with Crippen LogP contribution in [-0.4, -0.2) is 42.4 Å². The third kappa shape index (κ3) is 2.39. The minimum absolute atomic E-state index is 0.182. The number of para-hydroxylation sites is 1. The first-order valence-corrected chi connectivity index (χ1v) is 9.06. The topological polar surface area (TPSA) is 79.0 Å². The van der Waals surface area contributed by atoms with Crippen molar-refractivity contribution >= 4 is 29.1 Å². The van der Waals surface area contributed by atoms with Gasteiger partial charge in [-0.25, -0.2) is 0 Å². The number of ether oxygens (including phenoxy) is 1. The fourth-order valence-electron chi connectivity index (χ4n) is 4.07. The number of nitrogens with zero attached hydrogens (tertiary/aromatic N) is 2. The van der Waals surface area contributed by atoms with E-state index in [2.05, 4.69) is 5.32 Å². The van der Waals surface area contributed by atoms with Crippen LogP contribution in [0.5, 0.6) is 5.75 Å². The lowest BCUT2D eigenvalue weighted by Crippen LogP contribution is -2.68. The molecule has 1 fully saturated rings. The van der Waals surface area contributed by atoms with E-state index in [-0.39, 0.29) is 24.7 Å². The second-order valence-electron chi connectivity index (χ2n) is 7.08. The minimum Gasteiger partial charge on any atom is -0.495 e. The Kier molecular flexibility index (Phi) is 4.10. The second kappa shape index (κ2) is 6.37. The molecule has 1 N–H and O–H groups in total. The van der Waals surface area contributed by atoms with Crippen molar-refractivity contribution in [1.29, 1.82) is 0 Å². The van der Waals surface area contributed by atoms with E-state index in [1.165, 1.54) is 16.9 Å². The molecule has 0 aromatic heterocycles. The molecule has 3 amide bonds. The number of amides is 3. The minimum atomic E-state index is -1.41. The number of rotatable bonds is 3. The van der Waals surface area contributed by atoms with Crippen molar-refractivity contribution in [2.24, 2.45) is 0 Å². The van der Waals surface area contributed by atoms with E-state index in [1.807, 2.05) is 13.0 Å². The summed E-state index contributed by atoms with van der Waals surface area (Å²) in [6, 6.07) is 12.3. The summed E-state index contributed by atoms with van der Waals surface area (Å²) in [4.78, 5) is 42.1. The number of carbonyl (C=O) groups is 3. The molecule has 4 rings (SSSR count). The molecule has 2 heterocycles. The normalized spacial score (nSPS) is 20.7. The van der Waals surface area contributed by atoms with Gasteiger partial charge in [-0.15, -0.1) is 0 Å². The summed E-state index contributed by atoms with van der Waals surface area (Å²) < 4.78 is 5.35. The number of benzene rings is 2. The fraction of sp³-hybridized carbons (Fsp3) is 0.286. The van der Waals surface area contributed by atoms with Crippen LogP contribution in [0.3, 0.4) is 0 Å². The molecule has 7 heteroatoms. The Morgan fingerprint density at radius 2 is 1.93 bits per heavy atom. The summed E-state index contributed by atoms with van der Waals surface area (Å²) >= 11 is 0. The van der Waals surface area contributed by atoms with Gasteiger partial charge in [0.2, 0.25) is 11.6 Å². The average molecular weight is 379 g/mol. The highest BCUT2D eigenvalue weighted by Gasteiger charge is 2.59. The van der Waals surface area contributed by atoms with Gasteiger partial charge >= 0.3 is 0 Å².